The molecule has 0 radical (unpaired) electrons. The van der Waals surface area contributed by atoms with Crippen LogP contribution >= 0.6 is 0 Å². The van der Waals surface area contributed by atoms with E-state index in [-0.39, 0.29) is 11.3 Å². The van der Waals surface area contributed by atoms with Crippen LogP contribution < -0.4 is 5.32 Å². The number of hydrogen-bond acceptors (Lipinski definition) is 4. The van der Waals surface area contributed by atoms with Crippen molar-refractivity contribution in [2.45, 2.75) is 18.4 Å². The van der Waals surface area contributed by atoms with E-state index >= 15 is 0 Å². The van der Waals surface area contributed by atoms with Crippen LogP contribution in [0, 0.1) is 21.4 Å². The number of nitrogens with one attached hydrogen (secondary N) is 1. The van der Waals surface area contributed by atoms with E-state index in [4.69, 9.17) is 5.26 Å². The summed E-state index contributed by atoms with van der Waals surface area (Å²) >= 11 is 0. The van der Waals surface area contributed by atoms with E-state index < -0.39 is 4.92 Å². The van der Waals surface area contributed by atoms with Crippen molar-refractivity contribution in [2.75, 3.05) is 5.32 Å². The van der Waals surface area contributed by atoms with Crippen molar-refractivity contribution in [3.8, 4) is 6.07 Å². The summed E-state index contributed by atoms with van der Waals surface area (Å²) in [6.07, 6.45) is 1.01. The number of nitrogens with zero attached hydrogens (tertiary/aromatic N) is 2. The van der Waals surface area contributed by atoms with Crippen LogP contribution in [-0.4, -0.2) is 11.0 Å². The molecule has 2 aromatic carbocycles. The molecule has 2 atom stereocenters. The van der Waals surface area contributed by atoms with Crippen LogP contribution in [0.1, 0.15) is 23.5 Å². The normalized spacial score (nSPS) is 19.6. The van der Waals surface area contributed by atoms with E-state index in [1.807, 2.05) is 24.3 Å². The molecule has 104 valence electrons. The topological polar surface area (TPSA) is 79.0 Å². The molecule has 0 bridgehead atoms. The Balaban J connectivity index is 1.74. The summed E-state index contributed by atoms with van der Waals surface area (Å²) in [6, 6.07) is 16.9. The van der Waals surface area contributed by atoms with E-state index in [0.29, 0.717) is 17.6 Å². The number of nitro groups is 1. The second-order valence-corrected chi connectivity index (χ2v) is 5.10. The lowest BCUT2D eigenvalue weighted by Gasteiger charge is -2.06. The van der Waals surface area contributed by atoms with Gasteiger partial charge in [0.1, 0.15) is 11.6 Å². The quantitative estimate of drug-likeness (QED) is 0.686. The standard InChI is InChI=1S/C16H13N3O2/c17-10-12-6-7-13(8-16(12)19(20)21)18-15-9-14(15)11-4-2-1-3-5-11/h1-8,14-15,18H,9H2. The third-order valence-corrected chi connectivity index (χ3v) is 3.69. The molecule has 1 aliphatic carbocycles. The van der Waals surface area contributed by atoms with Gasteiger partial charge in [0.15, 0.2) is 0 Å². The number of anilines is 1. The maximum Gasteiger partial charge on any atom is 0.289 e. The predicted molar refractivity (Wildman–Crippen MR) is 79.0 cm³/mol. The van der Waals surface area contributed by atoms with Gasteiger partial charge in [0.25, 0.3) is 5.69 Å². The average Bonchev–Trinajstić information content (AvgIpc) is 3.27. The van der Waals surface area contributed by atoms with Gasteiger partial charge in [-0.15, -0.1) is 0 Å². The minimum absolute atomic E-state index is 0.0842. The molecule has 1 fully saturated rings. The first-order chi connectivity index (χ1) is 10.2. The van der Waals surface area contributed by atoms with Gasteiger partial charge in [-0.05, 0) is 24.1 Å². The van der Waals surface area contributed by atoms with Gasteiger partial charge in [0.05, 0.1) is 4.92 Å². The summed E-state index contributed by atoms with van der Waals surface area (Å²) in [5.74, 6) is 0.445. The zero-order valence-electron chi connectivity index (χ0n) is 11.2. The van der Waals surface area contributed by atoms with Crippen molar-refractivity contribution >= 4 is 11.4 Å². The van der Waals surface area contributed by atoms with Gasteiger partial charge in [-0.1, -0.05) is 30.3 Å². The number of nitro benzene ring substituents is 1. The SMILES string of the molecule is N#Cc1ccc(NC2CC2c2ccccc2)cc1[N+](=O)[O-]. The van der Waals surface area contributed by atoms with Crippen molar-refractivity contribution < 1.29 is 4.92 Å². The van der Waals surface area contributed by atoms with Crippen molar-refractivity contribution in [1.82, 2.24) is 0 Å². The van der Waals surface area contributed by atoms with Crippen LogP contribution in [0.2, 0.25) is 0 Å². The van der Waals surface area contributed by atoms with E-state index in [9.17, 15) is 10.1 Å². The fourth-order valence-corrected chi connectivity index (χ4v) is 2.50. The summed E-state index contributed by atoms with van der Waals surface area (Å²) in [4.78, 5) is 10.4. The van der Waals surface area contributed by atoms with Crippen molar-refractivity contribution in [1.29, 1.82) is 5.26 Å². The molecule has 21 heavy (non-hydrogen) atoms. The molecule has 3 rings (SSSR count). The molecule has 5 nitrogen and oxygen atoms in total. The highest BCUT2D eigenvalue weighted by molar-refractivity contribution is 5.60. The zero-order valence-corrected chi connectivity index (χ0v) is 11.2. The highest BCUT2D eigenvalue weighted by Crippen LogP contribution is 2.43. The number of nitriles is 1. The van der Waals surface area contributed by atoms with Gasteiger partial charge in [-0.25, -0.2) is 0 Å². The summed E-state index contributed by atoms with van der Waals surface area (Å²) in [5, 5.41) is 23.1. The van der Waals surface area contributed by atoms with Gasteiger partial charge < -0.3 is 5.32 Å². The second-order valence-electron chi connectivity index (χ2n) is 5.10. The number of benzene rings is 2. The maximum absolute atomic E-state index is 10.9. The highest BCUT2D eigenvalue weighted by Gasteiger charge is 2.38. The lowest BCUT2D eigenvalue weighted by Crippen LogP contribution is -2.05. The molecule has 1 N–H and O–H groups in total. The zero-order chi connectivity index (χ0) is 14.8. The minimum atomic E-state index is -0.523. The van der Waals surface area contributed by atoms with Crippen LogP contribution in [-0.2, 0) is 0 Å². The molecule has 0 aliphatic heterocycles. The average molecular weight is 279 g/mol. The Bertz CT molecular complexity index is 722. The summed E-state index contributed by atoms with van der Waals surface area (Å²) < 4.78 is 0. The molecule has 0 saturated heterocycles. The van der Waals surface area contributed by atoms with E-state index in [1.165, 1.54) is 17.7 Å². The Morgan fingerprint density at radius 1 is 1.24 bits per heavy atom. The van der Waals surface area contributed by atoms with Gasteiger partial charge in [-0.2, -0.15) is 5.26 Å². The Hall–Kier alpha value is -2.87. The van der Waals surface area contributed by atoms with Gasteiger partial charge in [0.2, 0.25) is 0 Å². The molecular weight excluding hydrogens is 266 g/mol. The first-order valence-corrected chi connectivity index (χ1v) is 6.69. The Kier molecular flexibility index (Phi) is 3.28. The van der Waals surface area contributed by atoms with Crippen molar-refractivity contribution in [3.05, 3.63) is 69.8 Å². The van der Waals surface area contributed by atoms with Crippen LogP contribution in [0.4, 0.5) is 11.4 Å². The molecule has 0 aromatic heterocycles. The van der Waals surface area contributed by atoms with Crippen LogP contribution in [0.15, 0.2) is 48.5 Å². The Morgan fingerprint density at radius 3 is 2.67 bits per heavy atom. The smallest absolute Gasteiger partial charge is 0.289 e. The monoisotopic (exact) mass is 279 g/mol. The van der Waals surface area contributed by atoms with Crippen LogP contribution in [0.5, 0.6) is 0 Å². The summed E-state index contributed by atoms with van der Waals surface area (Å²) in [5.41, 5.74) is 1.89. The molecule has 0 amide bonds. The number of rotatable bonds is 4. The lowest BCUT2D eigenvalue weighted by atomic mass is 10.1. The van der Waals surface area contributed by atoms with E-state index in [1.54, 1.807) is 6.07 Å². The first-order valence-electron chi connectivity index (χ1n) is 6.69. The lowest BCUT2D eigenvalue weighted by molar-refractivity contribution is -0.385. The van der Waals surface area contributed by atoms with Crippen molar-refractivity contribution in [2.24, 2.45) is 0 Å². The van der Waals surface area contributed by atoms with Crippen molar-refractivity contribution in [3.63, 3.8) is 0 Å². The molecule has 2 unspecified atom stereocenters. The highest BCUT2D eigenvalue weighted by atomic mass is 16.6. The molecular formula is C16H13N3O2. The fraction of sp³-hybridized carbons (Fsp3) is 0.188. The largest absolute Gasteiger partial charge is 0.381 e. The Morgan fingerprint density at radius 2 is 2.00 bits per heavy atom. The summed E-state index contributed by atoms with van der Waals surface area (Å²) in [6.45, 7) is 0. The second kappa shape index (κ2) is 5.25. The molecule has 0 heterocycles. The molecule has 5 heteroatoms. The van der Waals surface area contributed by atoms with Gasteiger partial charge >= 0.3 is 0 Å². The third kappa shape index (κ3) is 2.70. The fourth-order valence-electron chi connectivity index (χ4n) is 2.50. The molecule has 2 aromatic rings. The predicted octanol–water partition coefficient (Wildman–Crippen LogP) is 3.43. The molecule has 0 spiro atoms. The number of hydrogen-bond donors (Lipinski definition) is 1. The first kappa shape index (κ1) is 13.1. The molecule has 1 saturated carbocycles. The van der Waals surface area contributed by atoms with E-state index in [2.05, 4.69) is 17.4 Å². The minimum Gasteiger partial charge on any atom is -0.381 e. The maximum atomic E-state index is 10.9. The van der Waals surface area contributed by atoms with Gasteiger partial charge in [0, 0.05) is 23.7 Å². The van der Waals surface area contributed by atoms with Gasteiger partial charge in [-0.3, -0.25) is 10.1 Å². The molecule has 1 aliphatic rings. The Labute approximate surface area is 122 Å². The third-order valence-electron chi connectivity index (χ3n) is 3.69. The van der Waals surface area contributed by atoms with Crippen LogP contribution in [0.3, 0.4) is 0 Å². The summed E-state index contributed by atoms with van der Waals surface area (Å²) in [7, 11) is 0. The van der Waals surface area contributed by atoms with E-state index in [0.717, 1.165) is 6.42 Å². The van der Waals surface area contributed by atoms with Crippen LogP contribution in [0.25, 0.3) is 0 Å².